The van der Waals surface area contributed by atoms with Gasteiger partial charge in [-0.05, 0) is 17.5 Å². The van der Waals surface area contributed by atoms with Crippen LogP contribution in [0.15, 0.2) is 24.3 Å². The van der Waals surface area contributed by atoms with Crippen LogP contribution in [0, 0.1) is 0 Å². The minimum Gasteiger partial charge on any atom is -0.392 e. The van der Waals surface area contributed by atoms with E-state index in [0.29, 0.717) is 19.5 Å². The molecule has 5 nitrogen and oxygen atoms in total. The highest BCUT2D eigenvalue weighted by atomic mass is 16.3. The van der Waals surface area contributed by atoms with Gasteiger partial charge in [0.15, 0.2) is 0 Å². The van der Waals surface area contributed by atoms with Crippen molar-refractivity contribution < 1.29 is 15.0 Å². The second-order valence-corrected chi connectivity index (χ2v) is 4.54. The van der Waals surface area contributed by atoms with Crippen molar-refractivity contribution in [1.82, 2.24) is 10.6 Å². The number of hydrogen-bond donors (Lipinski definition) is 4. The molecule has 0 bridgehead atoms. The zero-order valence-electron chi connectivity index (χ0n) is 10.1. The molecule has 1 saturated heterocycles. The first-order valence-corrected chi connectivity index (χ1v) is 6.07. The number of aliphatic hydroxyl groups excluding tert-OH is 2. The average molecular weight is 250 g/mol. The molecule has 1 aliphatic heterocycles. The molecular weight excluding hydrogens is 232 g/mol. The molecule has 0 radical (unpaired) electrons. The molecule has 0 aliphatic carbocycles. The van der Waals surface area contributed by atoms with E-state index in [2.05, 4.69) is 10.6 Å². The van der Waals surface area contributed by atoms with Crippen LogP contribution in [-0.4, -0.2) is 34.8 Å². The molecule has 0 aromatic heterocycles. The molecule has 1 aliphatic rings. The average Bonchev–Trinajstić information content (AvgIpc) is 2.83. The number of nitrogens with one attached hydrogen (secondary N) is 2. The summed E-state index contributed by atoms with van der Waals surface area (Å²) in [5.74, 6) is -0.0854. The summed E-state index contributed by atoms with van der Waals surface area (Å²) >= 11 is 0. The monoisotopic (exact) mass is 250 g/mol. The number of carbonyl (C=O) groups excluding carboxylic acids is 1. The van der Waals surface area contributed by atoms with Crippen LogP contribution in [0.5, 0.6) is 0 Å². The van der Waals surface area contributed by atoms with Crippen LogP contribution >= 0.6 is 0 Å². The number of aliphatic hydroxyl groups is 2. The van der Waals surface area contributed by atoms with Crippen molar-refractivity contribution in [3.63, 3.8) is 0 Å². The van der Waals surface area contributed by atoms with Crippen LogP contribution in [0.25, 0.3) is 0 Å². The van der Waals surface area contributed by atoms with E-state index >= 15 is 0 Å². The molecule has 1 aromatic rings. The number of β-amino-alcohol motifs (C(OH)–C–C–N with tert-alkyl or cyclic N) is 1. The summed E-state index contributed by atoms with van der Waals surface area (Å²) in [6.45, 7) is 0.957. The van der Waals surface area contributed by atoms with Gasteiger partial charge in [0.2, 0.25) is 5.91 Å². The van der Waals surface area contributed by atoms with Crippen molar-refractivity contribution in [2.24, 2.45) is 0 Å². The molecule has 2 rings (SSSR count). The Labute approximate surface area is 106 Å². The zero-order chi connectivity index (χ0) is 13.0. The Hall–Kier alpha value is -1.43. The topological polar surface area (TPSA) is 81.6 Å². The predicted octanol–water partition coefficient (Wildman–Crippen LogP) is -0.482. The van der Waals surface area contributed by atoms with E-state index in [1.54, 1.807) is 0 Å². The van der Waals surface area contributed by atoms with Crippen molar-refractivity contribution >= 4 is 5.91 Å². The highest BCUT2D eigenvalue weighted by Gasteiger charge is 2.27. The third-order valence-electron chi connectivity index (χ3n) is 3.10. The molecule has 98 valence electrons. The normalized spacial score (nSPS) is 23.0. The summed E-state index contributed by atoms with van der Waals surface area (Å²) < 4.78 is 0. The molecule has 0 spiro atoms. The van der Waals surface area contributed by atoms with Gasteiger partial charge >= 0.3 is 0 Å². The molecule has 5 heteroatoms. The van der Waals surface area contributed by atoms with E-state index in [9.17, 15) is 9.90 Å². The van der Waals surface area contributed by atoms with Gasteiger partial charge < -0.3 is 20.8 Å². The third kappa shape index (κ3) is 3.29. The summed E-state index contributed by atoms with van der Waals surface area (Å²) in [5, 5.41) is 24.0. The van der Waals surface area contributed by atoms with E-state index < -0.39 is 6.10 Å². The third-order valence-corrected chi connectivity index (χ3v) is 3.10. The van der Waals surface area contributed by atoms with Gasteiger partial charge in [-0.15, -0.1) is 0 Å². The first-order chi connectivity index (χ1) is 8.69. The quantitative estimate of drug-likeness (QED) is 0.582. The number of benzene rings is 1. The van der Waals surface area contributed by atoms with Crippen molar-refractivity contribution in [2.45, 2.75) is 31.7 Å². The van der Waals surface area contributed by atoms with Gasteiger partial charge in [-0.1, -0.05) is 24.3 Å². The Morgan fingerprint density at radius 3 is 2.56 bits per heavy atom. The van der Waals surface area contributed by atoms with Gasteiger partial charge in [-0.3, -0.25) is 4.79 Å². The second kappa shape index (κ2) is 5.95. The number of rotatable bonds is 4. The maximum Gasteiger partial charge on any atom is 0.237 e. The second-order valence-electron chi connectivity index (χ2n) is 4.54. The van der Waals surface area contributed by atoms with Gasteiger partial charge in [0.25, 0.3) is 0 Å². The van der Waals surface area contributed by atoms with E-state index in [0.717, 1.165) is 11.1 Å². The van der Waals surface area contributed by atoms with Crippen LogP contribution in [0.2, 0.25) is 0 Å². The molecule has 1 fully saturated rings. The lowest BCUT2D eigenvalue weighted by Gasteiger charge is -2.11. The van der Waals surface area contributed by atoms with Crippen LogP contribution < -0.4 is 10.6 Å². The molecule has 2 unspecified atom stereocenters. The minimum atomic E-state index is -0.426. The highest BCUT2D eigenvalue weighted by molar-refractivity contribution is 5.82. The number of amides is 1. The Balaban J connectivity index is 1.81. The summed E-state index contributed by atoms with van der Waals surface area (Å²) in [6, 6.07) is 7.13. The van der Waals surface area contributed by atoms with Gasteiger partial charge in [0, 0.05) is 13.1 Å². The van der Waals surface area contributed by atoms with E-state index in [-0.39, 0.29) is 18.6 Å². The molecule has 2 atom stereocenters. The lowest BCUT2D eigenvalue weighted by atomic mass is 10.1. The van der Waals surface area contributed by atoms with Crippen LogP contribution in [0.1, 0.15) is 17.5 Å². The molecule has 1 amide bonds. The predicted molar refractivity (Wildman–Crippen MR) is 66.6 cm³/mol. The fraction of sp³-hybridized carbons (Fsp3) is 0.462. The molecular formula is C13H18N2O3. The fourth-order valence-electron chi connectivity index (χ4n) is 1.99. The standard InChI is InChI=1S/C13H18N2O3/c16-8-10-3-1-9(2-4-10)6-15-13(18)12-5-11(17)7-14-12/h1-4,11-12,14,16-17H,5-8H2,(H,15,18). The molecule has 0 saturated carbocycles. The van der Waals surface area contributed by atoms with E-state index in [1.807, 2.05) is 24.3 Å². The smallest absolute Gasteiger partial charge is 0.237 e. The van der Waals surface area contributed by atoms with Gasteiger partial charge in [-0.2, -0.15) is 0 Å². The number of hydrogen-bond acceptors (Lipinski definition) is 4. The van der Waals surface area contributed by atoms with Crippen molar-refractivity contribution in [1.29, 1.82) is 0 Å². The lowest BCUT2D eigenvalue weighted by molar-refractivity contribution is -0.123. The van der Waals surface area contributed by atoms with Crippen molar-refractivity contribution in [2.75, 3.05) is 6.54 Å². The van der Waals surface area contributed by atoms with Crippen LogP contribution in [0.3, 0.4) is 0 Å². The maximum absolute atomic E-state index is 11.8. The Morgan fingerprint density at radius 2 is 2.00 bits per heavy atom. The Morgan fingerprint density at radius 1 is 1.33 bits per heavy atom. The van der Waals surface area contributed by atoms with Crippen molar-refractivity contribution in [3.8, 4) is 0 Å². The summed E-state index contributed by atoms with van der Waals surface area (Å²) in [6.07, 6.45) is 0.0412. The summed E-state index contributed by atoms with van der Waals surface area (Å²) in [7, 11) is 0. The van der Waals surface area contributed by atoms with Crippen LogP contribution in [0.4, 0.5) is 0 Å². The fourth-order valence-corrected chi connectivity index (χ4v) is 1.99. The summed E-state index contributed by atoms with van der Waals surface area (Å²) in [4.78, 5) is 11.8. The summed E-state index contributed by atoms with van der Waals surface area (Å²) in [5.41, 5.74) is 1.84. The Kier molecular flexibility index (Phi) is 4.30. The first kappa shape index (κ1) is 13.0. The van der Waals surface area contributed by atoms with Crippen LogP contribution in [-0.2, 0) is 17.9 Å². The zero-order valence-corrected chi connectivity index (χ0v) is 10.1. The van der Waals surface area contributed by atoms with Gasteiger partial charge in [0.05, 0.1) is 18.8 Å². The minimum absolute atomic E-state index is 0.0243. The highest BCUT2D eigenvalue weighted by Crippen LogP contribution is 2.07. The largest absolute Gasteiger partial charge is 0.392 e. The SMILES string of the molecule is O=C(NCc1ccc(CO)cc1)C1CC(O)CN1. The van der Waals surface area contributed by atoms with E-state index in [4.69, 9.17) is 5.11 Å². The molecule has 1 heterocycles. The maximum atomic E-state index is 11.8. The lowest BCUT2D eigenvalue weighted by Crippen LogP contribution is -2.39. The van der Waals surface area contributed by atoms with Gasteiger partial charge in [-0.25, -0.2) is 0 Å². The van der Waals surface area contributed by atoms with E-state index in [1.165, 1.54) is 0 Å². The number of carbonyl (C=O) groups is 1. The molecule has 18 heavy (non-hydrogen) atoms. The first-order valence-electron chi connectivity index (χ1n) is 6.07. The molecule has 4 N–H and O–H groups in total. The Bertz CT molecular complexity index is 405. The van der Waals surface area contributed by atoms with Crippen molar-refractivity contribution in [3.05, 3.63) is 35.4 Å². The van der Waals surface area contributed by atoms with Gasteiger partial charge in [0.1, 0.15) is 0 Å². The molecule has 1 aromatic carbocycles.